The number of benzene rings is 2. The number of amides is 1. The predicted octanol–water partition coefficient (Wildman–Crippen LogP) is 5.33. The van der Waals surface area contributed by atoms with Gasteiger partial charge in [-0.2, -0.15) is 0 Å². The van der Waals surface area contributed by atoms with E-state index in [1.165, 1.54) is 18.0 Å². The average molecular weight is 382 g/mol. The van der Waals surface area contributed by atoms with Crippen molar-refractivity contribution in [2.24, 2.45) is 0 Å². The molecule has 6 heteroatoms. The van der Waals surface area contributed by atoms with Crippen LogP contribution in [-0.2, 0) is 0 Å². The van der Waals surface area contributed by atoms with E-state index in [1.54, 1.807) is 6.08 Å². The third-order valence-corrected chi connectivity index (χ3v) is 4.65. The highest BCUT2D eigenvalue weighted by Crippen LogP contribution is 2.23. The van der Waals surface area contributed by atoms with Gasteiger partial charge >= 0.3 is 0 Å². The summed E-state index contributed by atoms with van der Waals surface area (Å²) in [7, 11) is 0. The van der Waals surface area contributed by atoms with Crippen LogP contribution in [0, 0.1) is 0 Å². The van der Waals surface area contributed by atoms with Gasteiger partial charge in [-0.25, -0.2) is 9.97 Å². The Morgan fingerprint density at radius 3 is 2.50 bits per heavy atom. The molecule has 4 nitrogen and oxygen atoms in total. The van der Waals surface area contributed by atoms with Crippen molar-refractivity contribution >= 4 is 35.0 Å². The third kappa shape index (κ3) is 4.50. The highest BCUT2D eigenvalue weighted by atomic mass is 35.5. The average Bonchev–Trinajstić information content (AvgIpc) is 2.68. The summed E-state index contributed by atoms with van der Waals surface area (Å²) in [5, 5.41) is 3.52. The first-order chi connectivity index (χ1) is 12.7. The maximum atomic E-state index is 12.5. The van der Waals surface area contributed by atoms with Crippen molar-refractivity contribution in [3.8, 4) is 11.1 Å². The summed E-state index contributed by atoms with van der Waals surface area (Å²) in [5.74, 6) is 0.286. The molecule has 1 aromatic heterocycles. The minimum atomic E-state index is -0.370. The Morgan fingerprint density at radius 1 is 1.12 bits per heavy atom. The van der Waals surface area contributed by atoms with Crippen LogP contribution in [0.15, 0.2) is 78.6 Å². The van der Waals surface area contributed by atoms with Crippen molar-refractivity contribution in [2.45, 2.75) is 5.16 Å². The zero-order valence-electron chi connectivity index (χ0n) is 13.9. The van der Waals surface area contributed by atoms with E-state index < -0.39 is 0 Å². The zero-order chi connectivity index (χ0) is 18.4. The van der Waals surface area contributed by atoms with Crippen LogP contribution in [0.1, 0.15) is 10.5 Å². The van der Waals surface area contributed by atoms with E-state index in [0.29, 0.717) is 16.6 Å². The van der Waals surface area contributed by atoms with Crippen LogP contribution in [0.3, 0.4) is 0 Å². The standard InChI is InChI=1S/C20H16ClN3OS/c1-2-12-26-20-22-13-17(21)18(24-20)19(25)23-16-10-8-15(9-11-16)14-6-4-3-5-7-14/h2-11,13H,1,12H2,(H,23,25). The second-order valence-corrected chi connectivity index (χ2v) is 6.74. The van der Waals surface area contributed by atoms with Gasteiger partial charge in [0, 0.05) is 11.4 Å². The Labute approximate surface area is 161 Å². The Balaban J connectivity index is 1.74. The lowest BCUT2D eigenvalue weighted by molar-refractivity contribution is 0.102. The molecule has 1 N–H and O–H groups in total. The fourth-order valence-electron chi connectivity index (χ4n) is 2.28. The molecule has 1 amide bonds. The van der Waals surface area contributed by atoms with Gasteiger partial charge in [-0.3, -0.25) is 4.79 Å². The first kappa shape index (κ1) is 18.2. The van der Waals surface area contributed by atoms with Gasteiger partial charge in [-0.1, -0.05) is 71.9 Å². The minimum Gasteiger partial charge on any atom is -0.321 e. The molecule has 0 saturated heterocycles. The van der Waals surface area contributed by atoms with Crippen LogP contribution >= 0.6 is 23.4 Å². The molecular weight excluding hydrogens is 366 g/mol. The van der Waals surface area contributed by atoms with Crippen molar-refractivity contribution < 1.29 is 4.79 Å². The van der Waals surface area contributed by atoms with E-state index in [2.05, 4.69) is 21.9 Å². The number of aromatic nitrogens is 2. The Hall–Kier alpha value is -2.63. The summed E-state index contributed by atoms with van der Waals surface area (Å²) in [4.78, 5) is 20.8. The van der Waals surface area contributed by atoms with Gasteiger partial charge in [0.2, 0.25) is 0 Å². The highest BCUT2D eigenvalue weighted by Gasteiger charge is 2.14. The summed E-state index contributed by atoms with van der Waals surface area (Å²) in [6, 6.07) is 17.6. The van der Waals surface area contributed by atoms with Crippen molar-refractivity contribution in [3.63, 3.8) is 0 Å². The molecule has 3 rings (SSSR count). The molecule has 0 saturated carbocycles. The molecular formula is C20H16ClN3OS. The predicted molar refractivity (Wildman–Crippen MR) is 108 cm³/mol. The smallest absolute Gasteiger partial charge is 0.275 e. The number of carbonyl (C=O) groups excluding carboxylic acids is 1. The van der Waals surface area contributed by atoms with E-state index in [1.807, 2.05) is 54.6 Å². The molecule has 0 atom stereocenters. The van der Waals surface area contributed by atoms with E-state index in [-0.39, 0.29) is 16.6 Å². The van der Waals surface area contributed by atoms with Gasteiger partial charge in [0.1, 0.15) is 0 Å². The number of hydrogen-bond acceptors (Lipinski definition) is 4. The fourth-order valence-corrected chi connectivity index (χ4v) is 3.01. The maximum Gasteiger partial charge on any atom is 0.275 e. The zero-order valence-corrected chi connectivity index (χ0v) is 15.4. The topological polar surface area (TPSA) is 54.9 Å². The Morgan fingerprint density at radius 2 is 1.81 bits per heavy atom. The summed E-state index contributed by atoms with van der Waals surface area (Å²) >= 11 is 7.47. The van der Waals surface area contributed by atoms with Gasteiger partial charge in [0.05, 0.1) is 11.2 Å². The quantitative estimate of drug-likeness (QED) is 0.356. The number of thioether (sulfide) groups is 1. The third-order valence-electron chi connectivity index (χ3n) is 3.52. The van der Waals surface area contributed by atoms with Crippen LogP contribution < -0.4 is 5.32 Å². The van der Waals surface area contributed by atoms with Crippen molar-refractivity contribution in [1.29, 1.82) is 0 Å². The molecule has 26 heavy (non-hydrogen) atoms. The molecule has 0 aliphatic carbocycles. The number of carbonyl (C=O) groups is 1. The second kappa shape index (κ2) is 8.65. The number of halogens is 1. The van der Waals surface area contributed by atoms with E-state index >= 15 is 0 Å². The molecule has 130 valence electrons. The van der Waals surface area contributed by atoms with Crippen molar-refractivity contribution in [2.75, 3.05) is 11.1 Å². The molecule has 0 fully saturated rings. The largest absolute Gasteiger partial charge is 0.321 e. The van der Waals surface area contributed by atoms with Crippen LogP contribution in [0.2, 0.25) is 5.02 Å². The Kier molecular flexibility index (Phi) is 6.04. The lowest BCUT2D eigenvalue weighted by atomic mass is 10.1. The molecule has 0 unspecified atom stereocenters. The fraction of sp³-hybridized carbons (Fsp3) is 0.0500. The molecule has 0 spiro atoms. The summed E-state index contributed by atoms with van der Waals surface area (Å²) in [5.41, 5.74) is 3.02. The number of anilines is 1. The second-order valence-electron chi connectivity index (χ2n) is 5.35. The highest BCUT2D eigenvalue weighted by molar-refractivity contribution is 7.99. The number of rotatable bonds is 6. The van der Waals surface area contributed by atoms with Crippen molar-refractivity contribution in [1.82, 2.24) is 9.97 Å². The van der Waals surface area contributed by atoms with Gasteiger partial charge in [0.25, 0.3) is 5.91 Å². The first-order valence-corrected chi connectivity index (χ1v) is 9.27. The molecule has 3 aromatic rings. The van der Waals surface area contributed by atoms with Crippen LogP contribution in [0.5, 0.6) is 0 Å². The molecule has 0 radical (unpaired) electrons. The van der Waals surface area contributed by atoms with Crippen LogP contribution in [-0.4, -0.2) is 21.6 Å². The normalized spacial score (nSPS) is 10.3. The molecule has 0 aliphatic heterocycles. The van der Waals surface area contributed by atoms with Crippen LogP contribution in [0.4, 0.5) is 5.69 Å². The van der Waals surface area contributed by atoms with Gasteiger partial charge in [-0.15, -0.1) is 6.58 Å². The van der Waals surface area contributed by atoms with E-state index in [9.17, 15) is 4.79 Å². The van der Waals surface area contributed by atoms with Gasteiger partial charge in [-0.05, 0) is 23.3 Å². The van der Waals surface area contributed by atoms with Crippen molar-refractivity contribution in [3.05, 3.63) is 84.2 Å². The monoisotopic (exact) mass is 381 g/mol. The number of nitrogens with zero attached hydrogens (tertiary/aromatic N) is 2. The maximum absolute atomic E-state index is 12.5. The molecule has 0 bridgehead atoms. The lowest BCUT2D eigenvalue weighted by Crippen LogP contribution is -2.15. The minimum absolute atomic E-state index is 0.153. The van der Waals surface area contributed by atoms with E-state index in [0.717, 1.165) is 11.1 Å². The summed E-state index contributed by atoms with van der Waals surface area (Å²) in [6.07, 6.45) is 3.18. The number of nitrogens with one attached hydrogen (secondary N) is 1. The summed E-state index contributed by atoms with van der Waals surface area (Å²) < 4.78 is 0. The van der Waals surface area contributed by atoms with Gasteiger partial charge in [0.15, 0.2) is 10.9 Å². The summed E-state index contributed by atoms with van der Waals surface area (Å²) in [6.45, 7) is 3.65. The molecule has 1 heterocycles. The Bertz CT molecular complexity index is 914. The number of hydrogen-bond donors (Lipinski definition) is 1. The van der Waals surface area contributed by atoms with E-state index in [4.69, 9.17) is 11.6 Å². The van der Waals surface area contributed by atoms with Crippen LogP contribution in [0.25, 0.3) is 11.1 Å². The lowest BCUT2D eigenvalue weighted by Gasteiger charge is -2.08. The SMILES string of the molecule is C=CCSc1ncc(Cl)c(C(=O)Nc2ccc(-c3ccccc3)cc2)n1. The molecule has 0 aliphatic rings. The first-order valence-electron chi connectivity index (χ1n) is 7.90. The molecule has 2 aromatic carbocycles. The van der Waals surface area contributed by atoms with Gasteiger partial charge < -0.3 is 5.32 Å².